The van der Waals surface area contributed by atoms with E-state index in [0.29, 0.717) is 11.1 Å². The highest BCUT2D eigenvalue weighted by Crippen LogP contribution is 2.28. The van der Waals surface area contributed by atoms with Gasteiger partial charge in [-0.05, 0) is 93.9 Å². The maximum atomic E-state index is 12.5. The zero-order valence-corrected chi connectivity index (χ0v) is 16.8. The van der Waals surface area contributed by atoms with Gasteiger partial charge in [0.25, 0.3) is 0 Å². The summed E-state index contributed by atoms with van der Waals surface area (Å²) >= 11 is 0. The van der Waals surface area contributed by atoms with Crippen LogP contribution in [0.2, 0.25) is 0 Å². The Kier molecular flexibility index (Phi) is 6.56. The van der Waals surface area contributed by atoms with Gasteiger partial charge in [-0.2, -0.15) is 0 Å². The number of hydrogen-bond acceptors (Lipinski definition) is 4. The van der Waals surface area contributed by atoms with Crippen molar-refractivity contribution in [2.75, 3.05) is 0 Å². The number of esters is 2. The van der Waals surface area contributed by atoms with Gasteiger partial charge in [0.1, 0.15) is 12.2 Å². The maximum Gasteiger partial charge on any atom is 0.338 e. The number of aryl methyl sites for hydroxylation is 1. The average Bonchev–Trinajstić information content (AvgIpc) is 2.65. The number of ether oxygens (including phenoxy) is 2. The maximum absolute atomic E-state index is 12.5. The van der Waals surface area contributed by atoms with Crippen molar-refractivity contribution in [3.63, 3.8) is 0 Å². The second kappa shape index (κ2) is 8.90. The van der Waals surface area contributed by atoms with Crippen LogP contribution in [0.1, 0.15) is 91.5 Å². The van der Waals surface area contributed by atoms with Crippen LogP contribution in [0.25, 0.3) is 0 Å². The summed E-state index contributed by atoms with van der Waals surface area (Å²) in [7, 11) is 0. The third-order valence-corrected chi connectivity index (χ3v) is 6.16. The Labute approximate surface area is 162 Å². The first kappa shape index (κ1) is 19.9. The molecule has 3 rings (SSSR count). The molecule has 4 nitrogen and oxygen atoms in total. The summed E-state index contributed by atoms with van der Waals surface area (Å²) in [5.41, 5.74) is 1.81. The Morgan fingerprint density at radius 1 is 0.778 bits per heavy atom. The van der Waals surface area contributed by atoms with Crippen molar-refractivity contribution in [2.24, 2.45) is 11.8 Å². The summed E-state index contributed by atoms with van der Waals surface area (Å²) in [6.45, 7) is 6.33. The summed E-state index contributed by atoms with van der Waals surface area (Å²) in [6.07, 6.45) is 8.25. The van der Waals surface area contributed by atoms with E-state index >= 15 is 0 Å². The number of rotatable bonds is 4. The van der Waals surface area contributed by atoms with Crippen LogP contribution in [0.4, 0.5) is 0 Å². The molecule has 0 aliphatic heterocycles. The van der Waals surface area contributed by atoms with Crippen LogP contribution in [0.5, 0.6) is 0 Å². The molecule has 0 radical (unpaired) electrons. The lowest BCUT2D eigenvalue weighted by Gasteiger charge is -2.26. The van der Waals surface area contributed by atoms with Gasteiger partial charge < -0.3 is 9.47 Å². The van der Waals surface area contributed by atoms with Crippen LogP contribution in [-0.2, 0) is 9.47 Å². The average molecular weight is 373 g/mol. The highest BCUT2D eigenvalue weighted by Gasteiger charge is 2.25. The number of hydrogen-bond donors (Lipinski definition) is 0. The third-order valence-electron chi connectivity index (χ3n) is 6.16. The minimum atomic E-state index is -0.293. The SMILES string of the molecule is Cc1cc(C(=O)OC2CCC(C)CC2)ccc1C(=O)OC1CCC(C)CC1. The molecule has 0 unspecified atom stereocenters. The summed E-state index contributed by atoms with van der Waals surface area (Å²) in [5, 5.41) is 0. The van der Waals surface area contributed by atoms with Crippen molar-refractivity contribution in [2.45, 2.75) is 84.3 Å². The topological polar surface area (TPSA) is 52.6 Å². The van der Waals surface area contributed by atoms with E-state index in [1.54, 1.807) is 18.2 Å². The van der Waals surface area contributed by atoms with Crippen LogP contribution in [-0.4, -0.2) is 24.1 Å². The fraction of sp³-hybridized carbons (Fsp3) is 0.652. The Bertz CT molecular complexity index is 665. The molecule has 27 heavy (non-hydrogen) atoms. The predicted molar refractivity (Wildman–Crippen MR) is 105 cm³/mol. The van der Waals surface area contributed by atoms with E-state index in [0.717, 1.165) is 68.8 Å². The molecule has 4 heteroatoms. The monoisotopic (exact) mass is 372 g/mol. The fourth-order valence-electron chi connectivity index (χ4n) is 4.15. The molecule has 2 aliphatic carbocycles. The van der Waals surface area contributed by atoms with Gasteiger partial charge in [-0.25, -0.2) is 9.59 Å². The van der Waals surface area contributed by atoms with Crippen LogP contribution in [0.3, 0.4) is 0 Å². The van der Waals surface area contributed by atoms with Crippen molar-refractivity contribution in [1.29, 1.82) is 0 Å². The van der Waals surface area contributed by atoms with Gasteiger partial charge in [-0.3, -0.25) is 0 Å². The lowest BCUT2D eigenvalue weighted by Crippen LogP contribution is -2.24. The molecule has 1 aromatic rings. The second-order valence-electron chi connectivity index (χ2n) is 8.60. The lowest BCUT2D eigenvalue weighted by atomic mass is 9.89. The van der Waals surface area contributed by atoms with Gasteiger partial charge in [-0.15, -0.1) is 0 Å². The van der Waals surface area contributed by atoms with Crippen molar-refractivity contribution in [3.8, 4) is 0 Å². The second-order valence-corrected chi connectivity index (χ2v) is 8.60. The van der Waals surface area contributed by atoms with Gasteiger partial charge in [0, 0.05) is 0 Å². The molecule has 0 amide bonds. The number of benzene rings is 1. The zero-order chi connectivity index (χ0) is 19.4. The first-order valence-corrected chi connectivity index (χ1v) is 10.4. The normalized spacial score (nSPS) is 28.4. The predicted octanol–water partition coefficient (Wildman–Crippen LogP) is 5.47. The standard InChI is InChI=1S/C23H32O4/c1-15-4-9-19(10-5-15)26-22(24)18-8-13-21(17(3)14-18)23(25)27-20-11-6-16(2)7-12-20/h8,13-16,19-20H,4-7,9-12H2,1-3H3. The number of carbonyl (C=O) groups excluding carboxylic acids is 2. The third kappa shape index (κ3) is 5.33. The van der Waals surface area contributed by atoms with E-state index < -0.39 is 0 Å². The molecule has 0 saturated heterocycles. The van der Waals surface area contributed by atoms with Crippen molar-refractivity contribution in [1.82, 2.24) is 0 Å². The van der Waals surface area contributed by atoms with E-state index in [2.05, 4.69) is 13.8 Å². The van der Waals surface area contributed by atoms with Gasteiger partial charge >= 0.3 is 11.9 Å². The fourth-order valence-corrected chi connectivity index (χ4v) is 4.15. The zero-order valence-electron chi connectivity index (χ0n) is 16.8. The largest absolute Gasteiger partial charge is 0.459 e. The summed E-state index contributed by atoms with van der Waals surface area (Å²) in [6, 6.07) is 5.12. The molecular formula is C23H32O4. The minimum absolute atomic E-state index is 0.0198. The van der Waals surface area contributed by atoms with E-state index in [9.17, 15) is 9.59 Å². The smallest absolute Gasteiger partial charge is 0.338 e. The summed E-state index contributed by atoms with van der Waals surface area (Å²) < 4.78 is 11.3. The molecule has 0 aromatic heterocycles. The highest BCUT2D eigenvalue weighted by molar-refractivity contribution is 5.94. The lowest BCUT2D eigenvalue weighted by molar-refractivity contribution is 0.0159. The van der Waals surface area contributed by atoms with E-state index in [-0.39, 0.29) is 24.1 Å². The Morgan fingerprint density at radius 2 is 1.26 bits per heavy atom. The molecular weight excluding hydrogens is 340 g/mol. The minimum Gasteiger partial charge on any atom is -0.459 e. The van der Waals surface area contributed by atoms with E-state index in [4.69, 9.17) is 9.47 Å². The Hall–Kier alpha value is -1.84. The molecule has 2 fully saturated rings. The highest BCUT2D eigenvalue weighted by atomic mass is 16.5. The van der Waals surface area contributed by atoms with Gasteiger partial charge in [0.15, 0.2) is 0 Å². The van der Waals surface area contributed by atoms with Crippen molar-refractivity contribution in [3.05, 3.63) is 34.9 Å². The first-order valence-electron chi connectivity index (χ1n) is 10.4. The molecule has 2 aliphatic rings. The van der Waals surface area contributed by atoms with E-state index in [1.807, 2.05) is 6.92 Å². The Morgan fingerprint density at radius 3 is 1.74 bits per heavy atom. The van der Waals surface area contributed by atoms with E-state index in [1.165, 1.54) is 0 Å². The summed E-state index contributed by atoms with van der Waals surface area (Å²) in [4.78, 5) is 24.9. The first-order chi connectivity index (χ1) is 12.9. The molecule has 1 aromatic carbocycles. The Balaban J connectivity index is 1.57. The molecule has 0 spiro atoms. The van der Waals surface area contributed by atoms with Crippen molar-refractivity contribution < 1.29 is 19.1 Å². The molecule has 0 heterocycles. The quantitative estimate of drug-likeness (QED) is 0.658. The molecule has 0 atom stereocenters. The molecule has 148 valence electrons. The van der Waals surface area contributed by atoms with Gasteiger partial charge in [-0.1, -0.05) is 13.8 Å². The van der Waals surface area contributed by atoms with Crippen LogP contribution in [0, 0.1) is 18.8 Å². The van der Waals surface area contributed by atoms with Crippen LogP contribution >= 0.6 is 0 Å². The molecule has 0 bridgehead atoms. The molecule has 2 saturated carbocycles. The van der Waals surface area contributed by atoms with Crippen LogP contribution < -0.4 is 0 Å². The number of carbonyl (C=O) groups is 2. The van der Waals surface area contributed by atoms with Gasteiger partial charge in [0.05, 0.1) is 11.1 Å². The van der Waals surface area contributed by atoms with Crippen molar-refractivity contribution >= 4 is 11.9 Å². The summed E-state index contributed by atoms with van der Waals surface area (Å²) in [5.74, 6) is 0.867. The van der Waals surface area contributed by atoms with Gasteiger partial charge in [0.2, 0.25) is 0 Å². The molecule has 0 N–H and O–H groups in total. The van der Waals surface area contributed by atoms with Crippen LogP contribution in [0.15, 0.2) is 18.2 Å².